The number of rotatable bonds is 9. The monoisotopic (exact) mass is 357 g/mol. The predicted molar refractivity (Wildman–Crippen MR) is 99.4 cm³/mol. The van der Waals surface area contributed by atoms with Gasteiger partial charge in [0.1, 0.15) is 5.78 Å². The van der Waals surface area contributed by atoms with Crippen molar-refractivity contribution in [3.63, 3.8) is 0 Å². The quantitative estimate of drug-likeness (QED) is 0.722. The van der Waals surface area contributed by atoms with Gasteiger partial charge in [-0.15, -0.1) is 0 Å². The number of hydrogen-bond donors (Lipinski definition) is 1. The maximum atomic E-state index is 12.1. The number of anilines is 1. The Hall–Kier alpha value is -1.01. The normalized spacial score (nSPS) is 13.3. The van der Waals surface area contributed by atoms with Gasteiger partial charge in [-0.3, -0.25) is 9.52 Å². The van der Waals surface area contributed by atoms with Crippen LogP contribution >= 0.6 is 11.8 Å². The molecule has 0 aromatic heterocycles. The zero-order valence-corrected chi connectivity index (χ0v) is 16.1. The van der Waals surface area contributed by atoms with E-state index in [4.69, 9.17) is 0 Å². The first kappa shape index (κ1) is 20.0. The molecule has 0 bridgehead atoms. The van der Waals surface area contributed by atoms with Crippen LogP contribution in [0.5, 0.6) is 0 Å². The summed E-state index contributed by atoms with van der Waals surface area (Å²) in [5, 5.41) is 0.111. The molecule has 1 aromatic rings. The van der Waals surface area contributed by atoms with E-state index < -0.39 is 10.0 Å². The van der Waals surface area contributed by atoms with E-state index >= 15 is 0 Å². The van der Waals surface area contributed by atoms with Gasteiger partial charge in [-0.05, 0) is 29.4 Å². The second kappa shape index (κ2) is 8.73. The van der Waals surface area contributed by atoms with Crippen molar-refractivity contribution in [2.45, 2.75) is 39.4 Å². The zero-order valence-electron chi connectivity index (χ0n) is 14.5. The number of thioether (sulfide) groups is 1. The minimum absolute atomic E-state index is 0.0309. The third-order valence-electron chi connectivity index (χ3n) is 3.25. The Morgan fingerprint density at radius 2 is 1.70 bits per heavy atom. The van der Waals surface area contributed by atoms with Crippen LogP contribution in [0.2, 0.25) is 0 Å². The second-order valence-electron chi connectivity index (χ2n) is 6.54. The molecule has 0 heterocycles. The number of ketones is 1. The van der Waals surface area contributed by atoms with Gasteiger partial charge >= 0.3 is 0 Å². The van der Waals surface area contributed by atoms with E-state index in [9.17, 15) is 13.2 Å². The molecule has 1 N–H and O–H groups in total. The van der Waals surface area contributed by atoms with Crippen molar-refractivity contribution in [3.05, 3.63) is 29.8 Å². The van der Waals surface area contributed by atoms with E-state index in [0.29, 0.717) is 18.0 Å². The molecule has 0 aliphatic carbocycles. The molecule has 1 atom stereocenters. The molecular weight excluding hydrogens is 330 g/mol. The topological polar surface area (TPSA) is 63.2 Å². The van der Waals surface area contributed by atoms with Crippen molar-refractivity contribution in [1.82, 2.24) is 0 Å². The maximum absolute atomic E-state index is 12.1. The van der Waals surface area contributed by atoms with Gasteiger partial charge in [-0.2, -0.15) is 11.8 Å². The molecule has 0 aliphatic heterocycles. The van der Waals surface area contributed by atoms with Gasteiger partial charge in [0.25, 0.3) is 0 Å². The Kier molecular flexibility index (Phi) is 7.61. The Labute approximate surface area is 144 Å². The van der Waals surface area contributed by atoms with Crippen LogP contribution in [0.4, 0.5) is 5.69 Å². The lowest BCUT2D eigenvalue weighted by atomic mass is 10.0. The number of carbonyl (C=O) groups is 1. The third kappa shape index (κ3) is 7.88. The Balaban J connectivity index is 2.90. The Morgan fingerprint density at radius 3 is 2.13 bits per heavy atom. The van der Waals surface area contributed by atoms with Crippen LogP contribution < -0.4 is 4.72 Å². The predicted octanol–water partition coefficient (Wildman–Crippen LogP) is 4.10. The van der Waals surface area contributed by atoms with Gasteiger partial charge < -0.3 is 0 Å². The highest BCUT2D eigenvalue weighted by Gasteiger charge is 2.19. The average Bonchev–Trinajstić information content (AvgIpc) is 2.42. The Bertz CT molecular complexity index is 607. The maximum Gasteiger partial charge on any atom is 0.229 e. The third-order valence-corrected chi connectivity index (χ3v) is 5.55. The summed E-state index contributed by atoms with van der Waals surface area (Å²) in [4.78, 5) is 12.1. The lowest BCUT2D eigenvalue weighted by Gasteiger charge is -2.19. The number of benzene rings is 1. The summed E-state index contributed by atoms with van der Waals surface area (Å²) >= 11 is 1.79. The van der Waals surface area contributed by atoms with Gasteiger partial charge in [0.2, 0.25) is 10.0 Å². The smallest absolute Gasteiger partial charge is 0.229 e. The van der Waals surface area contributed by atoms with E-state index in [1.807, 2.05) is 26.0 Å². The minimum Gasteiger partial charge on any atom is -0.299 e. The molecule has 23 heavy (non-hydrogen) atoms. The highest BCUT2D eigenvalue weighted by atomic mass is 32.2. The second-order valence-corrected chi connectivity index (χ2v) is 9.52. The summed E-state index contributed by atoms with van der Waals surface area (Å²) in [7, 11) is -3.27. The number of carbonyl (C=O) groups excluding carboxylic acids is 1. The summed E-state index contributed by atoms with van der Waals surface area (Å²) in [5.74, 6) is 1.83. The van der Waals surface area contributed by atoms with Gasteiger partial charge in [-0.25, -0.2) is 8.42 Å². The van der Waals surface area contributed by atoms with Crippen molar-refractivity contribution in [1.29, 1.82) is 0 Å². The highest BCUT2D eigenvalue weighted by molar-refractivity contribution is 7.99. The molecule has 0 spiro atoms. The molecule has 0 amide bonds. The van der Waals surface area contributed by atoms with Gasteiger partial charge in [0.05, 0.1) is 6.26 Å². The first-order chi connectivity index (χ1) is 10.6. The van der Waals surface area contributed by atoms with Crippen LogP contribution in [0, 0.1) is 11.8 Å². The van der Waals surface area contributed by atoms with E-state index in [0.717, 1.165) is 17.6 Å². The molecule has 1 unspecified atom stereocenters. The van der Waals surface area contributed by atoms with Crippen LogP contribution in [-0.2, 0) is 14.8 Å². The van der Waals surface area contributed by atoms with Crippen molar-refractivity contribution >= 4 is 33.3 Å². The van der Waals surface area contributed by atoms with Crippen molar-refractivity contribution in [3.8, 4) is 0 Å². The fourth-order valence-electron chi connectivity index (χ4n) is 1.98. The molecule has 0 saturated carbocycles. The largest absolute Gasteiger partial charge is 0.299 e. The lowest BCUT2D eigenvalue weighted by molar-refractivity contribution is -0.121. The van der Waals surface area contributed by atoms with E-state index in [1.165, 1.54) is 0 Å². The van der Waals surface area contributed by atoms with Crippen LogP contribution in [0.25, 0.3) is 0 Å². The molecule has 130 valence electrons. The number of Topliss-reactive ketones (excluding diaryl/α,β-unsaturated/α-hetero) is 1. The van der Waals surface area contributed by atoms with Crippen LogP contribution in [0.3, 0.4) is 0 Å². The molecule has 1 aromatic carbocycles. The van der Waals surface area contributed by atoms with E-state index in [2.05, 4.69) is 18.6 Å². The van der Waals surface area contributed by atoms with Gasteiger partial charge in [0.15, 0.2) is 0 Å². The summed E-state index contributed by atoms with van der Waals surface area (Å²) in [6, 6.07) is 7.30. The fourth-order valence-corrected chi connectivity index (χ4v) is 3.79. The molecule has 4 nitrogen and oxygen atoms in total. The minimum atomic E-state index is -3.27. The zero-order chi connectivity index (χ0) is 17.6. The Morgan fingerprint density at radius 1 is 1.13 bits per heavy atom. The van der Waals surface area contributed by atoms with Gasteiger partial charge in [0, 0.05) is 23.3 Å². The standard InChI is InChI=1S/C17H27NO3S2/c1-12(2)11-22-17(10-16(19)13(3)4)14-6-8-15(9-7-14)18-23(5,20)21/h6-9,12-13,17-18H,10-11H2,1-5H3. The summed E-state index contributed by atoms with van der Waals surface area (Å²) in [6.07, 6.45) is 1.64. The van der Waals surface area contributed by atoms with Gasteiger partial charge in [-0.1, -0.05) is 39.8 Å². The van der Waals surface area contributed by atoms with Crippen LogP contribution in [0.1, 0.15) is 44.9 Å². The number of hydrogen-bond acceptors (Lipinski definition) is 4. The van der Waals surface area contributed by atoms with Crippen molar-refractivity contribution in [2.75, 3.05) is 16.7 Å². The molecule has 0 radical (unpaired) electrons. The van der Waals surface area contributed by atoms with E-state index in [-0.39, 0.29) is 17.0 Å². The number of nitrogens with one attached hydrogen (secondary N) is 1. The average molecular weight is 358 g/mol. The summed E-state index contributed by atoms with van der Waals surface area (Å²) < 4.78 is 25.0. The summed E-state index contributed by atoms with van der Waals surface area (Å²) in [6.45, 7) is 8.16. The molecule has 1 rings (SSSR count). The lowest BCUT2D eigenvalue weighted by Crippen LogP contribution is -2.12. The number of sulfonamides is 1. The summed E-state index contributed by atoms with van der Waals surface area (Å²) in [5.41, 5.74) is 1.60. The van der Waals surface area contributed by atoms with Crippen LogP contribution in [0.15, 0.2) is 24.3 Å². The SMILES string of the molecule is CC(C)CSC(CC(=O)C(C)C)c1ccc(NS(C)(=O)=O)cc1. The fraction of sp³-hybridized carbons (Fsp3) is 0.588. The first-order valence-corrected chi connectivity index (χ1v) is 10.7. The van der Waals surface area contributed by atoms with Crippen molar-refractivity contribution in [2.24, 2.45) is 11.8 Å². The highest BCUT2D eigenvalue weighted by Crippen LogP contribution is 2.35. The molecule has 0 saturated heterocycles. The van der Waals surface area contributed by atoms with Crippen LogP contribution in [-0.4, -0.2) is 26.2 Å². The molecule has 6 heteroatoms. The first-order valence-electron chi connectivity index (χ1n) is 7.80. The van der Waals surface area contributed by atoms with Crippen molar-refractivity contribution < 1.29 is 13.2 Å². The molecule has 0 aliphatic rings. The molecular formula is C17H27NO3S2. The van der Waals surface area contributed by atoms with E-state index in [1.54, 1.807) is 23.9 Å². The molecule has 0 fully saturated rings.